The Balaban J connectivity index is 1.51. The molecule has 1 aromatic carbocycles. The zero-order chi connectivity index (χ0) is 17.5. The predicted octanol–water partition coefficient (Wildman–Crippen LogP) is 2.00. The van der Waals surface area contributed by atoms with Gasteiger partial charge in [0.2, 0.25) is 5.95 Å². The van der Waals surface area contributed by atoms with Gasteiger partial charge >= 0.3 is 0 Å². The van der Waals surface area contributed by atoms with Gasteiger partial charge in [-0.1, -0.05) is 12.1 Å². The Kier molecular flexibility index (Phi) is 5.56. The number of carbonyl (C=O) groups is 1. The summed E-state index contributed by atoms with van der Waals surface area (Å²) < 4.78 is 5.16. The summed E-state index contributed by atoms with van der Waals surface area (Å²) >= 11 is 0. The van der Waals surface area contributed by atoms with Crippen molar-refractivity contribution in [1.82, 2.24) is 9.97 Å². The standard InChI is InChI=1S/C18H21N5O2/c19-17-22-16(12-25-17)8-5-13-3-6-15(7-4-13)23-18-20-10-14(11-21-18)2-1-9-24/h3-4,6-7,9-11,16H,1-2,5,8,12H2,(H2,19,22)(H,20,21,23)/t16-/m0/s1. The lowest BCUT2D eigenvalue weighted by Crippen LogP contribution is -2.10. The van der Waals surface area contributed by atoms with Gasteiger partial charge in [0.15, 0.2) is 0 Å². The Morgan fingerprint density at radius 3 is 2.56 bits per heavy atom. The number of anilines is 2. The largest absolute Gasteiger partial charge is 0.463 e. The molecule has 7 nitrogen and oxygen atoms in total. The summed E-state index contributed by atoms with van der Waals surface area (Å²) in [6.07, 6.45) is 7.37. The Hall–Kier alpha value is -2.96. The molecule has 3 rings (SSSR count). The number of aliphatic imine (C=N–C) groups is 1. The van der Waals surface area contributed by atoms with Crippen LogP contribution in [-0.4, -0.2) is 34.9 Å². The number of nitrogens with zero attached hydrogens (tertiary/aromatic N) is 3. The topological polar surface area (TPSA) is 102 Å². The van der Waals surface area contributed by atoms with E-state index < -0.39 is 0 Å². The molecule has 2 aromatic rings. The summed E-state index contributed by atoms with van der Waals surface area (Å²) in [4.78, 5) is 23.1. The van der Waals surface area contributed by atoms with Crippen LogP contribution in [-0.2, 0) is 22.4 Å². The molecule has 0 radical (unpaired) electrons. The van der Waals surface area contributed by atoms with Crippen LogP contribution in [0.25, 0.3) is 0 Å². The number of rotatable bonds is 8. The molecule has 0 bridgehead atoms. The van der Waals surface area contributed by atoms with Gasteiger partial charge in [-0.25, -0.2) is 15.0 Å². The number of benzene rings is 1. The average molecular weight is 339 g/mol. The molecule has 0 saturated carbocycles. The summed E-state index contributed by atoms with van der Waals surface area (Å²) in [6, 6.07) is 8.60. The molecule has 1 atom stereocenters. The van der Waals surface area contributed by atoms with E-state index in [1.807, 2.05) is 12.1 Å². The van der Waals surface area contributed by atoms with E-state index in [0.29, 0.717) is 31.4 Å². The molecule has 130 valence electrons. The van der Waals surface area contributed by atoms with Crippen LogP contribution in [0, 0.1) is 0 Å². The fourth-order valence-corrected chi connectivity index (χ4v) is 2.58. The van der Waals surface area contributed by atoms with Crippen molar-refractivity contribution in [2.45, 2.75) is 31.7 Å². The van der Waals surface area contributed by atoms with Crippen molar-refractivity contribution in [3.63, 3.8) is 0 Å². The predicted molar refractivity (Wildman–Crippen MR) is 95.8 cm³/mol. The Morgan fingerprint density at radius 2 is 1.92 bits per heavy atom. The summed E-state index contributed by atoms with van der Waals surface area (Å²) in [7, 11) is 0. The molecule has 0 saturated heterocycles. The van der Waals surface area contributed by atoms with Gasteiger partial charge in [0.25, 0.3) is 6.02 Å². The number of hydrogen-bond acceptors (Lipinski definition) is 7. The van der Waals surface area contributed by atoms with Crippen molar-refractivity contribution in [3.8, 4) is 0 Å². The first-order chi connectivity index (χ1) is 12.2. The summed E-state index contributed by atoms with van der Waals surface area (Å²) in [5.74, 6) is 0.538. The number of nitrogens with two attached hydrogens (primary N) is 1. The number of amidine groups is 1. The van der Waals surface area contributed by atoms with Gasteiger partial charge in [0, 0.05) is 24.5 Å². The molecule has 0 fully saturated rings. The second-order valence-electron chi connectivity index (χ2n) is 5.91. The first-order valence-electron chi connectivity index (χ1n) is 8.29. The van der Waals surface area contributed by atoms with Crippen LogP contribution in [0.15, 0.2) is 41.7 Å². The number of aldehydes is 1. The monoisotopic (exact) mass is 339 g/mol. The normalized spacial score (nSPS) is 16.2. The smallest absolute Gasteiger partial charge is 0.282 e. The molecule has 2 heterocycles. The van der Waals surface area contributed by atoms with Gasteiger partial charge in [0.1, 0.15) is 12.9 Å². The van der Waals surface area contributed by atoms with Crippen molar-refractivity contribution >= 4 is 23.9 Å². The third-order valence-corrected chi connectivity index (χ3v) is 3.97. The Bertz CT molecular complexity index is 728. The maximum Gasteiger partial charge on any atom is 0.282 e. The Morgan fingerprint density at radius 1 is 1.16 bits per heavy atom. The van der Waals surface area contributed by atoms with E-state index in [2.05, 4.69) is 32.4 Å². The molecule has 0 aliphatic carbocycles. The van der Waals surface area contributed by atoms with Gasteiger partial charge < -0.3 is 20.6 Å². The van der Waals surface area contributed by atoms with Gasteiger partial charge in [-0.2, -0.15) is 0 Å². The van der Waals surface area contributed by atoms with E-state index in [4.69, 9.17) is 10.5 Å². The second kappa shape index (κ2) is 8.23. The Labute approximate surface area is 146 Å². The zero-order valence-corrected chi connectivity index (χ0v) is 13.9. The van der Waals surface area contributed by atoms with Crippen molar-refractivity contribution in [1.29, 1.82) is 0 Å². The summed E-state index contributed by atoms with van der Waals surface area (Å²) in [5.41, 5.74) is 8.62. The van der Waals surface area contributed by atoms with Crippen LogP contribution in [0.3, 0.4) is 0 Å². The molecular weight excluding hydrogens is 318 g/mol. The minimum Gasteiger partial charge on any atom is -0.463 e. The van der Waals surface area contributed by atoms with Gasteiger partial charge in [-0.15, -0.1) is 0 Å². The van der Waals surface area contributed by atoms with E-state index in [1.165, 1.54) is 5.56 Å². The van der Waals surface area contributed by atoms with E-state index in [1.54, 1.807) is 12.4 Å². The van der Waals surface area contributed by atoms with Gasteiger partial charge in [-0.05, 0) is 42.5 Å². The van der Waals surface area contributed by atoms with Crippen molar-refractivity contribution in [2.24, 2.45) is 10.7 Å². The number of ether oxygens (including phenoxy) is 1. The lowest BCUT2D eigenvalue weighted by Gasteiger charge is -2.08. The van der Waals surface area contributed by atoms with E-state index in [0.717, 1.165) is 30.4 Å². The number of aromatic nitrogens is 2. The highest BCUT2D eigenvalue weighted by Gasteiger charge is 2.16. The fraction of sp³-hybridized carbons (Fsp3) is 0.333. The summed E-state index contributed by atoms with van der Waals surface area (Å²) in [5, 5.41) is 3.17. The average Bonchev–Trinajstić information content (AvgIpc) is 3.06. The van der Waals surface area contributed by atoms with Gasteiger partial charge in [-0.3, -0.25) is 0 Å². The first kappa shape index (κ1) is 16.9. The van der Waals surface area contributed by atoms with Crippen LogP contribution in [0.4, 0.5) is 11.6 Å². The summed E-state index contributed by atoms with van der Waals surface area (Å²) in [6.45, 7) is 0.575. The molecule has 0 amide bonds. The number of nitrogens with one attached hydrogen (secondary N) is 1. The van der Waals surface area contributed by atoms with Crippen LogP contribution >= 0.6 is 0 Å². The highest BCUT2D eigenvalue weighted by atomic mass is 16.5. The third kappa shape index (κ3) is 5.00. The van der Waals surface area contributed by atoms with Crippen LogP contribution < -0.4 is 11.1 Å². The molecule has 0 spiro atoms. The number of carbonyl (C=O) groups excluding carboxylic acids is 1. The maximum atomic E-state index is 10.4. The SMILES string of the molecule is NC1=N[C@@H](CCc2ccc(Nc3ncc(CCC=O)cn3)cc2)CO1. The molecule has 3 N–H and O–H groups in total. The lowest BCUT2D eigenvalue weighted by molar-refractivity contribution is -0.107. The fourth-order valence-electron chi connectivity index (χ4n) is 2.58. The van der Waals surface area contributed by atoms with Crippen molar-refractivity contribution < 1.29 is 9.53 Å². The maximum absolute atomic E-state index is 10.4. The van der Waals surface area contributed by atoms with E-state index >= 15 is 0 Å². The van der Waals surface area contributed by atoms with E-state index in [-0.39, 0.29) is 6.04 Å². The highest BCUT2D eigenvalue weighted by molar-refractivity contribution is 5.73. The second-order valence-corrected chi connectivity index (χ2v) is 5.91. The first-order valence-corrected chi connectivity index (χ1v) is 8.29. The van der Waals surface area contributed by atoms with Crippen LogP contribution in [0.5, 0.6) is 0 Å². The van der Waals surface area contributed by atoms with Crippen molar-refractivity contribution in [3.05, 3.63) is 47.8 Å². The molecule has 25 heavy (non-hydrogen) atoms. The van der Waals surface area contributed by atoms with Gasteiger partial charge in [0.05, 0.1) is 6.04 Å². The lowest BCUT2D eigenvalue weighted by atomic mass is 10.1. The van der Waals surface area contributed by atoms with Crippen molar-refractivity contribution in [2.75, 3.05) is 11.9 Å². The number of hydrogen-bond donors (Lipinski definition) is 2. The zero-order valence-electron chi connectivity index (χ0n) is 13.9. The molecule has 1 aromatic heterocycles. The van der Waals surface area contributed by atoms with E-state index in [9.17, 15) is 4.79 Å². The molecule has 1 aliphatic rings. The molecule has 7 heteroatoms. The minimum atomic E-state index is 0.156. The highest BCUT2D eigenvalue weighted by Crippen LogP contribution is 2.17. The molecular formula is C18H21N5O2. The quantitative estimate of drug-likeness (QED) is 0.713. The molecule has 0 unspecified atom stereocenters. The minimum absolute atomic E-state index is 0.156. The third-order valence-electron chi connectivity index (χ3n) is 3.97. The molecule has 1 aliphatic heterocycles. The van der Waals surface area contributed by atoms with Crippen LogP contribution in [0.2, 0.25) is 0 Å². The number of aryl methyl sites for hydroxylation is 2. The van der Waals surface area contributed by atoms with Crippen LogP contribution in [0.1, 0.15) is 24.0 Å².